The number of nitrogens with two attached hydrogens (primary N) is 1. The number of carbonyl (C=O) groups excluding carboxylic acids is 1. The van der Waals surface area contributed by atoms with Crippen LogP contribution in [0.15, 0.2) is 12.1 Å². The Hall–Kier alpha value is -1.35. The van der Waals surface area contributed by atoms with Crippen LogP contribution in [-0.2, 0) is 11.3 Å². The fourth-order valence-corrected chi connectivity index (χ4v) is 2.22. The SMILES string of the molecule is Cc1cc(C)c(CNC(=O)C(C)CCN)c(C)c1. The van der Waals surface area contributed by atoms with Gasteiger partial charge in [-0.25, -0.2) is 0 Å². The summed E-state index contributed by atoms with van der Waals surface area (Å²) in [6, 6.07) is 4.30. The van der Waals surface area contributed by atoms with E-state index in [0.29, 0.717) is 13.1 Å². The van der Waals surface area contributed by atoms with Crippen molar-refractivity contribution in [2.45, 2.75) is 40.7 Å². The summed E-state index contributed by atoms with van der Waals surface area (Å²) in [5, 5.41) is 2.99. The van der Waals surface area contributed by atoms with E-state index in [-0.39, 0.29) is 11.8 Å². The van der Waals surface area contributed by atoms with Gasteiger partial charge in [0.1, 0.15) is 0 Å². The van der Waals surface area contributed by atoms with Gasteiger partial charge in [-0.15, -0.1) is 0 Å². The Balaban J connectivity index is 2.67. The van der Waals surface area contributed by atoms with Gasteiger partial charge in [-0.05, 0) is 50.4 Å². The number of aryl methyl sites for hydroxylation is 3. The Labute approximate surface area is 110 Å². The summed E-state index contributed by atoms with van der Waals surface area (Å²) in [6.45, 7) is 9.33. The van der Waals surface area contributed by atoms with Gasteiger partial charge in [-0.2, -0.15) is 0 Å². The van der Waals surface area contributed by atoms with Crippen LogP contribution in [0.2, 0.25) is 0 Å². The molecular weight excluding hydrogens is 224 g/mol. The van der Waals surface area contributed by atoms with Crippen LogP contribution in [0.5, 0.6) is 0 Å². The van der Waals surface area contributed by atoms with Gasteiger partial charge >= 0.3 is 0 Å². The molecule has 0 aliphatic carbocycles. The van der Waals surface area contributed by atoms with Crippen molar-refractivity contribution in [3.8, 4) is 0 Å². The molecule has 3 nitrogen and oxygen atoms in total. The second-order valence-corrected chi connectivity index (χ2v) is 5.07. The lowest BCUT2D eigenvalue weighted by atomic mass is 9.99. The van der Waals surface area contributed by atoms with Gasteiger partial charge in [-0.1, -0.05) is 24.6 Å². The minimum atomic E-state index is -0.0129. The van der Waals surface area contributed by atoms with Gasteiger partial charge in [0.25, 0.3) is 0 Å². The first-order valence-electron chi connectivity index (χ1n) is 6.50. The molecule has 0 heterocycles. The second-order valence-electron chi connectivity index (χ2n) is 5.07. The smallest absolute Gasteiger partial charge is 0.223 e. The van der Waals surface area contributed by atoms with Gasteiger partial charge in [-0.3, -0.25) is 4.79 Å². The molecule has 0 saturated heterocycles. The average Bonchev–Trinajstić information content (AvgIpc) is 2.27. The average molecular weight is 248 g/mol. The fourth-order valence-electron chi connectivity index (χ4n) is 2.22. The van der Waals surface area contributed by atoms with Gasteiger partial charge < -0.3 is 11.1 Å². The van der Waals surface area contributed by atoms with Crippen molar-refractivity contribution in [3.63, 3.8) is 0 Å². The third-order valence-electron chi connectivity index (χ3n) is 3.33. The highest BCUT2D eigenvalue weighted by molar-refractivity contribution is 5.78. The monoisotopic (exact) mass is 248 g/mol. The van der Waals surface area contributed by atoms with E-state index in [2.05, 4.69) is 38.2 Å². The predicted molar refractivity (Wildman–Crippen MR) is 75.3 cm³/mol. The fraction of sp³-hybridized carbons (Fsp3) is 0.533. The first kappa shape index (κ1) is 14.7. The maximum Gasteiger partial charge on any atom is 0.223 e. The van der Waals surface area contributed by atoms with Crippen LogP contribution in [0, 0.1) is 26.7 Å². The maximum absolute atomic E-state index is 11.8. The van der Waals surface area contributed by atoms with E-state index in [9.17, 15) is 4.79 Å². The summed E-state index contributed by atoms with van der Waals surface area (Å²) in [5.41, 5.74) is 10.4. The Morgan fingerprint density at radius 3 is 2.33 bits per heavy atom. The molecular formula is C15H24N2O. The highest BCUT2D eigenvalue weighted by Gasteiger charge is 2.12. The van der Waals surface area contributed by atoms with Gasteiger partial charge in [0.05, 0.1) is 0 Å². The zero-order chi connectivity index (χ0) is 13.7. The topological polar surface area (TPSA) is 55.1 Å². The lowest BCUT2D eigenvalue weighted by Crippen LogP contribution is -2.30. The van der Waals surface area contributed by atoms with Crippen molar-refractivity contribution >= 4 is 5.91 Å². The van der Waals surface area contributed by atoms with Gasteiger partial charge in [0.2, 0.25) is 5.91 Å². The Kier molecular flexibility index (Phi) is 5.35. The van der Waals surface area contributed by atoms with Crippen molar-refractivity contribution in [1.29, 1.82) is 0 Å². The zero-order valence-electron chi connectivity index (χ0n) is 11.8. The molecule has 0 aliphatic rings. The lowest BCUT2D eigenvalue weighted by Gasteiger charge is -2.15. The van der Waals surface area contributed by atoms with Crippen LogP contribution >= 0.6 is 0 Å². The Bertz CT molecular complexity index is 403. The molecule has 0 fully saturated rings. The molecule has 3 N–H and O–H groups in total. The van der Waals surface area contributed by atoms with Crippen LogP contribution < -0.4 is 11.1 Å². The van der Waals surface area contributed by atoms with E-state index < -0.39 is 0 Å². The van der Waals surface area contributed by atoms with Gasteiger partial charge in [0, 0.05) is 12.5 Å². The molecule has 0 radical (unpaired) electrons. The Morgan fingerprint density at radius 2 is 1.83 bits per heavy atom. The number of hydrogen-bond acceptors (Lipinski definition) is 2. The molecule has 3 heteroatoms. The van der Waals surface area contributed by atoms with Crippen molar-refractivity contribution in [2.24, 2.45) is 11.7 Å². The quantitative estimate of drug-likeness (QED) is 0.839. The minimum absolute atomic E-state index is 0.0129. The lowest BCUT2D eigenvalue weighted by molar-refractivity contribution is -0.124. The van der Waals surface area contributed by atoms with E-state index in [1.807, 2.05) is 6.92 Å². The Morgan fingerprint density at radius 1 is 1.28 bits per heavy atom. The van der Waals surface area contributed by atoms with E-state index in [1.54, 1.807) is 0 Å². The molecule has 0 bridgehead atoms. The largest absolute Gasteiger partial charge is 0.352 e. The summed E-state index contributed by atoms with van der Waals surface area (Å²) in [7, 11) is 0. The second kappa shape index (κ2) is 6.55. The number of benzene rings is 1. The summed E-state index contributed by atoms with van der Waals surface area (Å²) in [6.07, 6.45) is 0.734. The van der Waals surface area contributed by atoms with Crippen molar-refractivity contribution in [1.82, 2.24) is 5.32 Å². The zero-order valence-corrected chi connectivity index (χ0v) is 11.8. The molecule has 1 aromatic rings. The van der Waals surface area contributed by atoms with E-state index >= 15 is 0 Å². The van der Waals surface area contributed by atoms with E-state index in [4.69, 9.17) is 5.73 Å². The molecule has 1 rings (SSSR count). The molecule has 1 unspecified atom stereocenters. The van der Waals surface area contributed by atoms with Crippen LogP contribution in [-0.4, -0.2) is 12.5 Å². The standard InChI is InChI=1S/C15H24N2O/c1-10-7-12(3)14(13(4)8-10)9-17-15(18)11(2)5-6-16/h7-8,11H,5-6,9,16H2,1-4H3,(H,17,18). The number of hydrogen-bond donors (Lipinski definition) is 2. The van der Waals surface area contributed by atoms with Crippen molar-refractivity contribution < 1.29 is 4.79 Å². The summed E-state index contributed by atoms with van der Waals surface area (Å²) >= 11 is 0. The normalized spacial score (nSPS) is 12.3. The van der Waals surface area contributed by atoms with E-state index in [0.717, 1.165) is 6.42 Å². The third-order valence-corrected chi connectivity index (χ3v) is 3.33. The van der Waals surface area contributed by atoms with Crippen LogP contribution in [0.1, 0.15) is 35.6 Å². The molecule has 1 aromatic carbocycles. The molecule has 0 spiro atoms. The van der Waals surface area contributed by atoms with Crippen molar-refractivity contribution in [2.75, 3.05) is 6.54 Å². The highest BCUT2D eigenvalue weighted by atomic mass is 16.1. The molecule has 18 heavy (non-hydrogen) atoms. The number of nitrogens with one attached hydrogen (secondary N) is 1. The number of rotatable bonds is 5. The number of carbonyl (C=O) groups is 1. The molecule has 100 valence electrons. The molecule has 0 aliphatic heterocycles. The first-order valence-corrected chi connectivity index (χ1v) is 6.50. The molecule has 1 amide bonds. The summed E-state index contributed by atoms with van der Waals surface area (Å²) in [5.74, 6) is 0.0703. The number of amides is 1. The maximum atomic E-state index is 11.8. The predicted octanol–water partition coefficient (Wildman–Crippen LogP) is 2.21. The molecule has 0 saturated carbocycles. The van der Waals surface area contributed by atoms with Crippen molar-refractivity contribution in [3.05, 3.63) is 34.4 Å². The third kappa shape index (κ3) is 3.84. The molecule has 1 atom stereocenters. The first-order chi connectivity index (χ1) is 8.45. The summed E-state index contributed by atoms with van der Waals surface area (Å²) < 4.78 is 0. The van der Waals surface area contributed by atoms with Crippen LogP contribution in [0.3, 0.4) is 0 Å². The summed E-state index contributed by atoms with van der Waals surface area (Å²) in [4.78, 5) is 11.8. The van der Waals surface area contributed by atoms with E-state index in [1.165, 1.54) is 22.3 Å². The highest BCUT2D eigenvalue weighted by Crippen LogP contribution is 2.16. The van der Waals surface area contributed by atoms with Crippen LogP contribution in [0.4, 0.5) is 0 Å². The van der Waals surface area contributed by atoms with Crippen LogP contribution in [0.25, 0.3) is 0 Å². The minimum Gasteiger partial charge on any atom is -0.352 e. The molecule has 0 aromatic heterocycles. The van der Waals surface area contributed by atoms with Gasteiger partial charge in [0.15, 0.2) is 0 Å².